The van der Waals surface area contributed by atoms with Crippen LogP contribution in [0, 0.1) is 5.92 Å². The van der Waals surface area contributed by atoms with E-state index in [0.717, 1.165) is 22.2 Å². The largest absolute Gasteiger partial charge is 0.481 e. The van der Waals surface area contributed by atoms with Crippen LogP contribution in [0.15, 0.2) is 48.5 Å². The molecule has 126 valence electrons. The van der Waals surface area contributed by atoms with Gasteiger partial charge in [0.25, 0.3) is 5.91 Å². The molecule has 1 aromatic heterocycles. The average molecular weight is 354 g/mol. The lowest BCUT2D eigenvalue weighted by Crippen LogP contribution is -2.24. The van der Waals surface area contributed by atoms with Crippen molar-refractivity contribution in [1.82, 2.24) is 4.57 Å². The van der Waals surface area contributed by atoms with Crippen LogP contribution in [0.4, 0.5) is 0 Å². The molecule has 0 bridgehead atoms. The lowest BCUT2D eigenvalue weighted by atomic mass is 9.86. The van der Waals surface area contributed by atoms with Crippen molar-refractivity contribution in [1.29, 1.82) is 0 Å². The molecule has 0 amide bonds. The van der Waals surface area contributed by atoms with Gasteiger partial charge in [0.2, 0.25) is 0 Å². The van der Waals surface area contributed by atoms with E-state index in [0.29, 0.717) is 29.8 Å². The number of aliphatic carboxylic acids is 1. The van der Waals surface area contributed by atoms with Crippen LogP contribution in [-0.2, 0) is 17.6 Å². The van der Waals surface area contributed by atoms with Gasteiger partial charge in [0.15, 0.2) is 0 Å². The molecule has 1 atom stereocenters. The van der Waals surface area contributed by atoms with Gasteiger partial charge in [-0.3, -0.25) is 14.2 Å². The van der Waals surface area contributed by atoms with Crippen molar-refractivity contribution in [3.8, 4) is 0 Å². The van der Waals surface area contributed by atoms with Crippen molar-refractivity contribution in [2.45, 2.75) is 19.3 Å². The molecule has 0 radical (unpaired) electrons. The Labute approximate surface area is 149 Å². The summed E-state index contributed by atoms with van der Waals surface area (Å²) in [7, 11) is 0. The quantitative estimate of drug-likeness (QED) is 0.752. The number of hydrogen-bond donors (Lipinski definition) is 1. The minimum atomic E-state index is -0.772. The van der Waals surface area contributed by atoms with E-state index in [9.17, 15) is 14.7 Å². The zero-order valence-electron chi connectivity index (χ0n) is 13.4. The van der Waals surface area contributed by atoms with Crippen molar-refractivity contribution in [2.24, 2.45) is 5.92 Å². The molecule has 1 aliphatic rings. The Morgan fingerprint density at radius 2 is 1.80 bits per heavy atom. The number of benzene rings is 2. The Hall–Kier alpha value is -2.59. The minimum Gasteiger partial charge on any atom is -0.481 e. The van der Waals surface area contributed by atoms with E-state index in [1.54, 1.807) is 28.8 Å². The number of carbonyl (C=O) groups is 2. The highest BCUT2D eigenvalue weighted by Crippen LogP contribution is 2.35. The highest BCUT2D eigenvalue weighted by atomic mass is 35.5. The fraction of sp³-hybridized carbons (Fsp3) is 0.200. The zero-order chi connectivity index (χ0) is 17.6. The normalized spacial score (nSPS) is 16.6. The molecule has 0 fully saturated rings. The molecule has 4 nitrogen and oxygen atoms in total. The number of carboxylic acids is 1. The van der Waals surface area contributed by atoms with E-state index in [2.05, 4.69) is 0 Å². The second kappa shape index (κ2) is 6.05. The Morgan fingerprint density at radius 3 is 2.52 bits per heavy atom. The lowest BCUT2D eigenvalue weighted by molar-refractivity contribution is -0.142. The van der Waals surface area contributed by atoms with Gasteiger partial charge in [0.05, 0.1) is 11.4 Å². The molecule has 0 spiro atoms. The summed E-state index contributed by atoms with van der Waals surface area (Å²) in [4.78, 5) is 24.5. The Morgan fingerprint density at radius 1 is 1.08 bits per heavy atom. The van der Waals surface area contributed by atoms with Gasteiger partial charge in [-0.2, -0.15) is 0 Å². The molecule has 0 aliphatic heterocycles. The van der Waals surface area contributed by atoms with Gasteiger partial charge in [-0.05, 0) is 55.2 Å². The van der Waals surface area contributed by atoms with E-state index in [1.165, 1.54) is 0 Å². The molecule has 2 aromatic carbocycles. The van der Waals surface area contributed by atoms with Crippen molar-refractivity contribution < 1.29 is 14.7 Å². The van der Waals surface area contributed by atoms with E-state index in [1.807, 2.05) is 24.3 Å². The molecule has 0 saturated carbocycles. The third-order valence-corrected chi connectivity index (χ3v) is 5.16. The van der Waals surface area contributed by atoms with Crippen LogP contribution >= 0.6 is 11.6 Å². The van der Waals surface area contributed by atoms with Crippen LogP contribution in [0.3, 0.4) is 0 Å². The number of carbonyl (C=O) groups excluding carboxylic acids is 1. The first-order valence-electron chi connectivity index (χ1n) is 8.20. The summed E-state index contributed by atoms with van der Waals surface area (Å²) >= 11 is 5.92. The molecular weight excluding hydrogens is 338 g/mol. The molecule has 1 aliphatic carbocycles. The van der Waals surface area contributed by atoms with Crippen LogP contribution in [0.1, 0.15) is 28.0 Å². The molecular formula is C20H16ClNO3. The van der Waals surface area contributed by atoms with E-state index < -0.39 is 11.9 Å². The van der Waals surface area contributed by atoms with Crippen LogP contribution in [0.25, 0.3) is 10.9 Å². The second-order valence-corrected chi connectivity index (χ2v) is 6.80. The monoisotopic (exact) mass is 353 g/mol. The molecule has 1 N–H and O–H groups in total. The number of rotatable bonds is 2. The predicted molar refractivity (Wildman–Crippen MR) is 96.3 cm³/mol. The van der Waals surface area contributed by atoms with E-state index in [-0.39, 0.29) is 5.91 Å². The molecule has 4 rings (SSSR count). The molecule has 5 heteroatoms. The Balaban J connectivity index is 1.89. The average Bonchev–Trinajstić information content (AvgIpc) is 2.95. The number of aromatic nitrogens is 1. The van der Waals surface area contributed by atoms with Gasteiger partial charge in [-0.1, -0.05) is 29.8 Å². The van der Waals surface area contributed by atoms with Gasteiger partial charge >= 0.3 is 5.97 Å². The van der Waals surface area contributed by atoms with Gasteiger partial charge < -0.3 is 5.11 Å². The van der Waals surface area contributed by atoms with E-state index in [4.69, 9.17) is 11.6 Å². The lowest BCUT2D eigenvalue weighted by Gasteiger charge is -2.20. The summed E-state index contributed by atoms with van der Waals surface area (Å²) in [6, 6.07) is 14.5. The summed E-state index contributed by atoms with van der Waals surface area (Å²) < 4.78 is 1.74. The summed E-state index contributed by atoms with van der Waals surface area (Å²) in [5, 5.41) is 10.9. The number of halogens is 1. The number of carboxylic acid groups (broad SMARTS) is 1. The fourth-order valence-corrected chi connectivity index (χ4v) is 3.80. The van der Waals surface area contributed by atoms with E-state index >= 15 is 0 Å². The van der Waals surface area contributed by atoms with Crippen LogP contribution in [0.5, 0.6) is 0 Å². The van der Waals surface area contributed by atoms with Crippen molar-refractivity contribution in [3.05, 3.63) is 70.4 Å². The maximum Gasteiger partial charge on any atom is 0.306 e. The maximum atomic E-state index is 13.1. The fourth-order valence-electron chi connectivity index (χ4n) is 3.67. The highest BCUT2D eigenvalue weighted by molar-refractivity contribution is 6.30. The van der Waals surface area contributed by atoms with Gasteiger partial charge in [0.1, 0.15) is 0 Å². The van der Waals surface area contributed by atoms with Crippen molar-refractivity contribution >= 4 is 34.4 Å². The van der Waals surface area contributed by atoms with Crippen LogP contribution in [0.2, 0.25) is 5.02 Å². The standard InChI is InChI=1S/C20H16ClNO3/c21-14-8-5-12(6-9-14)19(23)22-17-4-2-1-3-15(17)16-11-13(20(24)25)7-10-18(16)22/h1-6,8-9,13H,7,10-11H2,(H,24,25). The molecule has 0 saturated heterocycles. The molecule has 1 heterocycles. The van der Waals surface area contributed by atoms with Crippen LogP contribution in [-0.4, -0.2) is 21.6 Å². The topological polar surface area (TPSA) is 59.3 Å². The number of hydrogen-bond acceptors (Lipinski definition) is 2. The first-order valence-corrected chi connectivity index (χ1v) is 8.58. The van der Waals surface area contributed by atoms with Crippen molar-refractivity contribution in [3.63, 3.8) is 0 Å². The summed E-state index contributed by atoms with van der Waals surface area (Å²) in [5.74, 6) is -1.27. The van der Waals surface area contributed by atoms with Gasteiger partial charge in [-0.25, -0.2) is 0 Å². The number of fused-ring (bicyclic) bond motifs is 3. The predicted octanol–water partition coefficient (Wildman–Crippen LogP) is 4.17. The van der Waals surface area contributed by atoms with Gasteiger partial charge in [0, 0.05) is 21.7 Å². The Bertz CT molecular complexity index is 988. The van der Waals surface area contributed by atoms with Crippen molar-refractivity contribution in [2.75, 3.05) is 0 Å². The summed E-state index contributed by atoms with van der Waals surface area (Å²) in [5.41, 5.74) is 3.31. The van der Waals surface area contributed by atoms with Crippen LogP contribution < -0.4 is 0 Å². The van der Waals surface area contributed by atoms with Gasteiger partial charge in [-0.15, -0.1) is 0 Å². The SMILES string of the molecule is O=C(O)C1CCc2c(c3ccccc3n2C(=O)c2ccc(Cl)cc2)C1. The number of nitrogens with zero attached hydrogens (tertiary/aromatic N) is 1. The highest BCUT2D eigenvalue weighted by Gasteiger charge is 2.30. The summed E-state index contributed by atoms with van der Waals surface area (Å²) in [6.45, 7) is 0. The summed E-state index contributed by atoms with van der Waals surface area (Å²) in [6.07, 6.45) is 1.60. The third-order valence-electron chi connectivity index (χ3n) is 4.91. The molecule has 25 heavy (non-hydrogen) atoms. The second-order valence-electron chi connectivity index (χ2n) is 6.37. The minimum absolute atomic E-state index is 0.108. The zero-order valence-corrected chi connectivity index (χ0v) is 14.2. The molecule has 3 aromatic rings. The first-order chi connectivity index (χ1) is 12.1. The number of para-hydroxylation sites is 1. The molecule has 1 unspecified atom stereocenters. The third kappa shape index (κ3) is 2.63. The smallest absolute Gasteiger partial charge is 0.306 e. The maximum absolute atomic E-state index is 13.1. The first kappa shape index (κ1) is 15.9. The Kier molecular flexibility index (Phi) is 3.85.